The van der Waals surface area contributed by atoms with Gasteiger partial charge in [-0.05, 0) is 81.2 Å². The second-order valence-electron chi connectivity index (χ2n) is 11.0. The summed E-state index contributed by atoms with van der Waals surface area (Å²) in [5, 5.41) is 3.04. The van der Waals surface area contributed by atoms with Crippen LogP contribution in [0.25, 0.3) is 6.08 Å². The Morgan fingerprint density at radius 3 is 2.58 bits per heavy atom. The molecule has 6 heteroatoms. The Kier molecular flexibility index (Phi) is 8.97. The van der Waals surface area contributed by atoms with Crippen molar-refractivity contribution in [3.05, 3.63) is 101 Å². The first-order valence-electron chi connectivity index (χ1n) is 14.4. The van der Waals surface area contributed by atoms with Crippen molar-refractivity contribution < 1.29 is 14.3 Å². The third kappa shape index (κ3) is 6.80. The van der Waals surface area contributed by atoms with Crippen LogP contribution in [0.5, 0.6) is 5.75 Å². The maximum atomic E-state index is 13.5. The molecule has 0 atom stereocenters. The highest BCUT2D eigenvalue weighted by Gasteiger charge is 2.30. The summed E-state index contributed by atoms with van der Waals surface area (Å²) in [4.78, 5) is 30.4. The molecule has 0 unspecified atom stereocenters. The zero-order chi connectivity index (χ0) is 27.9. The average Bonchev–Trinajstić information content (AvgIpc) is 2.98. The number of rotatable bonds is 9. The summed E-state index contributed by atoms with van der Waals surface area (Å²) in [7, 11) is 2.20. The molecule has 1 saturated carbocycles. The Hall–Kier alpha value is -3.90. The largest absolute Gasteiger partial charge is 0.449 e. The van der Waals surface area contributed by atoms with Gasteiger partial charge in [-0.3, -0.25) is 14.5 Å². The van der Waals surface area contributed by atoms with E-state index < -0.39 is 0 Å². The molecule has 0 spiro atoms. The van der Waals surface area contributed by atoms with Gasteiger partial charge in [0.05, 0.1) is 12.2 Å². The van der Waals surface area contributed by atoms with E-state index in [1.54, 1.807) is 23.1 Å². The van der Waals surface area contributed by atoms with Crippen molar-refractivity contribution in [1.29, 1.82) is 0 Å². The number of benzene rings is 3. The number of ether oxygens (including phenoxy) is 1. The van der Waals surface area contributed by atoms with Crippen molar-refractivity contribution >= 4 is 23.6 Å². The highest BCUT2D eigenvalue weighted by atomic mass is 16.5. The van der Waals surface area contributed by atoms with Crippen LogP contribution in [0.2, 0.25) is 0 Å². The minimum atomic E-state index is -0.194. The zero-order valence-corrected chi connectivity index (χ0v) is 23.6. The average molecular weight is 538 g/mol. The van der Waals surface area contributed by atoms with Gasteiger partial charge in [-0.25, -0.2) is 0 Å². The molecule has 2 aliphatic rings. The highest BCUT2D eigenvalue weighted by molar-refractivity contribution is 6.09. The molecule has 1 heterocycles. The first-order valence-corrected chi connectivity index (χ1v) is 14.4. The quantitative estimate of drug-likeness (QED) is 0.255. The lowest BCUT2D eigenvalue weighted by molar-refractivity contribution is -0.117. The normalized spacial score (nSPS) is 16.6. The predicted molar refractivity (Wildman–Crippen MR) is 160 cm³/mol. The molecule has 0 bridgehead atoms. The van der Waals surface area contributed by atoms with Crippen molar-refractivity contribution in [3.63, 3.8) is 0 Å². The lowest BCUT2D eigenvalue weighted by atomic mass is 9.94. The number of nitrogens with one attached hydrogen (secondary N) is 1. The van der Waals surface area contributed by atoms with Crippen LogP contribution < -0.4 is 15.0 Å². The van der Waals surface area contributed by atoms with E-state index >= 15 is 0 Å². The number of para-hydroxylation sites is 2. The lowest BCUT2D eigenvalue weighted by Crippen LogP contribution is -2.36. The molecule has 40 heavy (non-hydrogen) atoms. The minimum Gasteiger partial charge on any atom is -0.449 e. The van der Waals surface area contributed by atoms with Gasteiger partial charge in [0.1, 0.15) is 0 Å². The number of nitrogens with zero attached hydrogens (tertiary/aromatic N) is 2. The van der Waals surface area contributed by atoms with Crippen LogP contribution in [0, 0.1) is 6.92 Å². The van der Waals surface area contributed by atoms with E-state index in [9.17, 15) is 9.59 Å². The Balaban J connectivity index is 1.21. The molecule has 2 amide bonds. The van der Waals surface area contributed by atoms with Gasteiger partial charge in [0.15, 0.2) is 11.5 Å². The van der Waals surface area contributed by atoms with Crippen molar-refractivity contribution in [2.24, 2.45) is 0 Å². The van der Waals surface area contributed by atoms with Gasteiger partial charge in [-0.2, -0.15) is 0 Å². The van der Waals surface area contributed by atoms with Crippen molar-refractivity contribution in [2.45, 2.75) is 58.0 Å². The van der Waals surface area contributed by atoms with Crippen molar-refractivity contribution in [1.82, 2.24) is 10.2 Å². The van der Waals surface area contributed by atoms with E-state index in [2.05, 4.69) is 23.3 Å². The Morgan fingerprint density at radius 1 is 1.02 bits per heavy atom. The monoisotopic (exact) mass is 537 g/mol. The molecule has 208 valence electrons. The molecule has 5 rings (SSSR count). The molecular formula is C34H39N3O3. The smallest absolute Gasteiger partial charge is 0.294 e. The molecule has 1 aliphatic carbocycles. The fourth-order valence-electron chi connectivity index (χ4n) is 5.63. The minimum absolute atomic E-state index is 0.0808. The summed E-state index contributed by atoms with van der Waals surface area (Å²) in [6.45, 7) is 4.15. The molecular weight excluding hydrogens is 498 g/mol. The van der Waals surface area contributed by atoms with Crippen LogP contribution >= 0.6 is 0 Å². The maximum Gasteiger partial charge on any atom is 0.294 e. The van der Waals surface area contributed by atoms with Crippen LogP contribution in [0.1, 0.15) is 65.6 Å². The molecule has 1 aliphatic heterocycles. The Bertz CT molecular complexity index is 1360. The second-order valence-corrected chi connectivity index (χ2v) is 11.0. The standard InChI is InChI=1S/C34H39N3O3/c1-25-10-8-11-27(22-25)24-37-30-14-6-7-15-31(30)40-32(34(37)39)23-26-16-18-28(19-17-26)33(38)35-20-9-21-36(2)29-12-4-3-5-13-29/h6-8,10-11,14-19,22-23,29H,3-5,9,12-13,20-21,24H2,1-2H3,(H,35,38)/b32-23+. The topological polar surface area (TPSA) is 61.9 Å². The van der Waals surface area contributed by atoms with E-state index in [0.717, 1.165) is 35.3 Å². The summed E-state index contributed by atoms with van der Waals surface area (Å²) in [5.74, 6) is 0.625. The molecule has 6 nitrogen and oxygen atoms in total. The summed E-state index contributed by atoms with van der Waals surface area (Å²) >= 11 is 0. The van der Waals surface area contributed by atoms with E-state index in [1.165, 1.54) is 32.1 Å². The predicted octanol–water partition coefficient (Wildman–Crippen LogP) is 6.35. The number of aryl methyl sites for hydroxylation is 1. The maximum absolute atomic E-state index is 13.5. The molecule has 0 saturated heterocycles. The van der Waals surface area contributed by atoms with Gasteiger partial charge in [-0.1, -0.05) is 73.4 Å². The van der Waals surface area contributed by atoms with Gasteiger partial charge in [0.2, 0.25) is 0 Å². The number of carbonyl (C=O) groups excluding carboxylic acids is 2. The van der Waals surface area contributed by atoms with Crippen molar-refractivity contribution in [3.8, 4) is 5.75 Å². The number of hydrogen-bond acceptors (Lipinski definition) is 4. The first kappa shape index (κ1) is 27.7. The first-order chi connectivity index (χ1) is 19.5. The summed E-state index contributed by atoms with van der Waals surface area (Å²) in [6.07, 6.45) is 9.28. The van der Waals surface area contributed by atoms with Crippen LogP contribution in [-0.4, -0.2) is 42.9 Å². The van der Waals surface area contributed by atoms with Crippen molar-refractivity contribution in [2.75, 3.05) is 25.0 Å². The SMILES string of the molecule is Cc1cccc(CN2C(=O)/C(=C\c3ccc(C(=O)NCCCN(C)C4CCCCC4)cc3)Oc3ccccc32)c1. The number of amides is 2. The second kappa shape index (κ2) is 13.0. The third-order valence-corrected chi connectivity index (χ3v) is 7.90. The number of anilines is 1. The zero-order valence-electron chi connectivity index (χ0n) is 23.6. The van der Waals surface area contributed by atoms with E-state index in [4.69, 9.17) is 4.74 Å². The van der Waals surface area contributed by atoms with E-state index in [-0.39, 0.29) is 17.6 Å². The summed E-state index contributed by atoms with van der Waals surface area (Å²) in [5.41, 5.74) is 4.36. The van der Waals surface area contributed by atoms with Crippen LogP contribution in [0.3, 0.4) is 0 Å². The highest BCUT2D eigenvalue weighted by Crippen LogP contribution is 2.36. The molecule has 0 aromatic heterocycles. The van der Waals surface area contributed by atoms with Gasteiger partial charge in [0, 0.05) is 18.2 Å². The number of hydrogen-bond donors (Lipinski definition) is 1. The Labute approximate surface area is 237 Å². The van der Waals surface area contributed by atoms with Gasteiger partial charge >= 0.3 is 0 Å². The van der Waals surface area contributed by atoms with Gasteiger partial charge < -0.3 is 15.0 Å². The Morgan fingerprint density at radius 2 is 1.80 bits per heavy atom. The van der Waals surface area contributed by atoms with Crippen LogP contribution in [0.15, 0.2) is 78.6 Å². The fraction of sp³-hybridized carbons (Fsp3) is 0.353. The summed E-state index contributed by atoms with van der Waals surface area (Å²) in [6, 6.07) is 23.7. The molecule has 0 radical (unpaired) electrons. The van der Waals surface area contributed by atoms with E-state index in [1.807, 2.05) is 61.5 Å². The van der Waals surface area contributed by atoms with Gasteiger partial charge in [0.25, 0.3) is 11.8 Å². The lowest BCUT2D eigenvalue weighted by Gasteiger charge is -2.31. The van der Waals surface area contributed by atoms with Crippen LogP contribution in [-0.2, 0) is 11.3 Å². The molecule has 3 aromatic carbocycles. The molecule has 1 fully saturated rings. The third-order valence-electron chi connectivity index (χ3n) is 7.90. The number of carbonyl (C=O) groups is 2. The summed E-state index contributed by atoms with van der Waals surface area (Å²) < 4.78 is 6.03. The van der Waals surface area contributed by atoms with Gasteiger partial charge in [-0.15, -0.1) is 0 Å². The fourth-order valence-corrected chi connectivity index (χ4v) is 5.63. The number of fused-ring (bicyclic) bond motifs is 1. The van der Waals surface area contributed by atoms with E-state index in [0.29, 0.717) is 30.4 Å². The molecule has 1 N–H and O–H groups in total. The van der Waals surface area contributed by atoms with Crippen LogP contribution in [0.4, 0.5) is 5.69 Å². The molecule has 3 aromatic rings.